The summed E-state index contributed by atoms with van der Waals surface area (Å²) in [6, 6.07) is 0.366. The van der Waals surface area contributed by atoms with E-state index in [0.717, 1.165) is 0 Å². The third-order valence-corrected chi connectivity index (χ3v) is 3.25. The zero-order valence-corrected chi connectivity index (χ0v) is 9.68. The van der Waals surface area contributed by atoms with Crippen molar-refractivity contribution < 1.29 is 4.79 Å². The first-order chi connectivity index (χ1) is 6.61. The lowest BCUT2D eigenvalue weighted by atomic mass is 9.84. The van der Waals surface area contributed by atoms with Gasteiger partial charge in [-0.15, -0.1) is 0 Å². The summed E-state index contributed by atoms with van der Waals surface area (Å²) in [5.74, 6) is 1.02. The Morgan fingerprint density at radius 2 is 1.71 bits per heavy atom. The molecule has 1 aliphatic carbocycles. The molecule has 0 aromatic carbocycles. The highest BCUT2D eigenvalue weighted by molar-refractivity contribution is 5.78. The van der Waals surface area contributed by atoms with Crippen LogP contribution in [0, 0.1) is 11.8 Å². The van der Waals surface area contributed by atoms with E-state index in [1.54, 1.807) is 0 Å². The van der Waals surface area contributed by atoms with Crippen molar-refractivity contribution >= 4 is 5.91 Å². The Kier molecular flexibility index (Phi) is 4.43. The second kappa shape index (κ2) is 5.38. The number of carbonyl (C=O) groups excluding carboxylic acids is 1. The molecule has 0 spiro atoms. The van der Waals surface area contributed by atoms with E-state index in [9.17, 15) is 4.79 Å². The van der Waals surface area contributed by atoms with E-state index in [1.807, 2.05) is 13.8 Å². The van der Waals surface area contributed by atoms with Gasteiger partial charge in [-0.1, -0.05) is 33.1 Å². The van der Waals surface area contributed by atoms with E-state index in [1.165, 1.54) is 32.1 Å². The maximum atomic E-state index is 11.5. The lowest BCUT2D eigenvalue weighted by Gasteiger charge is -2.28. The van der Waals surface area contributed by atoms with Gasteiger partial charge in [0.25, 0.3) is 0 Å². The molecule has 2 heteroatoms. The van der Waals surface area contributed by atoms with Crippen molar-refractivity contribution in [3.05, 3.63) is 0 Å². The highest BCUT2D eigenvalue weighted by Crippen LogP contribution is 2.26. The molecule has 0 heterocycles. The van der Waals surface area contributed by atoms with Gasteiger partial charge in [-0.3, -0.25) is 4.79 Å². The Balaban J connectivity index is 2.32. The molecule has 1 aliphatic rings. The van der Waals surface area contributed by atoms with Crippen LogP contribution in [0.1, 0.15) is 52.9 Å². The highest BCUT2D eigenvalue weighted by atomic mass is 16.1. The van der Waals surface area contributed by atoms with Crippen molar-refractivity contribution in [3.63, 3.8) is 0 Å². The number of hydrogen-bond donors (Lipinski definition) is 1. The first kappa shape index (κ1) is 11.5. The van der Waals surface area contributed by atoms with Crippen LogP contribution in [0.5, 0.6) is 0 Å². The van der Waals surface area contributed by atoms with Crippen molar-refractivity contribution in [2.75, 3.05) is 0 Å². The summed E-state index contributed by atoms with van der Waals surface area (Å²) in [6.07, 6.45) is 6.64. The van der Waals surface area contributed by atoms with Crippen molar-refractivity contribution in [2.24, 2.45) is 11.8 Å². The predicted molar refractivity (Wildman–Crippen MR) is 59.0 cm³/mol. The van der Waals surface area contributed by atoms with Gasteiger partial charge in [0, 0.05) is 12.0 Å². The normalized spacial score (nSPS) is 20.9. The lowest BCUT2D eigenvalue weighted by molar-refractivity contribution is -0.125. The molecule has 0 unspecified atom stereocenters. The summed E-state index contributed by atoms with van der Waals surface area (Å²) in [7, 11) is 0. The van der Waals surface area contributed by atoms with E-state index >= 15 is 0 Å². The SMILES string of the molecule is CC(C)C(=O)N[C@H](C)C1CCCCC1. The summed E-state index contributed by atoms with van der Waals surface area (Å²) in [5.41, 5.74) is 0. The summed E-state index contributed by atoms with van der Waals surface area (Å²) in [4.78, 5) is 11.5. The molecular formula is C12H23NO. The molecule has 1 N–H and O–H groups in total. The van der Waals surface area contributed by atoms with Gasteiger partial charge in [0.2, 0.25) is 5.91 Å². The van der Waals surface area contributed by atoms with E-state index in [4.69, 9.17) is 0 Å². The van der Waals surface area contributed by atoms with Gasteiger partial charge in [0.05, 0.1) is 0 Å². The quantitative estimate of drug-likeness (QED) is 0.740. The lowest BCUT2D eigenvalue weighted by Crippen LogP contribution is -2.40. The molecule has 1 atom stereocenters. The molecule has 0 saturated heterocycles. The molecule has 0 radical (unpaired) electrons. The molecule has 1 fully saturated rings. The molecular weight excluding hydrogens is 174 g/mol. The second-order valence-electron chi connectivity index (χ2n) is 4.85. The number of nitrogens with one attached hydrogen (secondary N) is 1. The molecule has 1 amide bonds. The third-order valence-electron chi connectivity index (χ3n) is 3.25. The monoisotopic (exact) mass is 197 g/mol. The van der Waals surface area contributed by atoms with Crippen molar-refractivity contribution in [1.29, 1.82) is 0 Å². The van der Waals surface area contributed by atoms with Crippen LogP contribution in [0.3, 0.4) is 0 Å². The maximum Gasteiger partial charge on any atom is 0.222 e. The molecule has 2 nitrogen and oxygen atoms in total. The van der Waals surface area contributed by atoms with Gasteiger partial charge in [0.1, 0.15) is 0 Å². The fraction of sp³-hybridized carbons (Fsp3) is 0.917. The van der Waals surface area contributed by atoms with Crippen LogP contribution in [0.2, 0.25) is 0 Å². The van der Waals surface area contributed by atoms with E-state index in [2.05, 4.69) is 12.2 Å². The second-order valence-corrected chi connectivity index (χ2v) is 4.85. The van der Waals surface area contributed by atoms with Crippen LogP contribution in [-0.4, -0.2) is 11.9 Å². The Hall–Kier alpha value is -0.530. The summed E-state index contributed by atoms with van der Waals surface area (Å²) in [5, 5.41) is 3.11. The van der Waals surface area contributed by atoms with Gasteiger partial charge >= 0.3 is 0 Å². The van der Waals surface area contributed by atoms with E-state index < -0.39 is 0 Å². The predicted octanol–water partition coefficient (Wildman–Crippen LogP) is 2.73. The highest BCUT2D eigenvalue weighted by Gasteiger charge is 2.21. The van der Waals surface area contributed by atoms with E-state index in [0.29, 0.717) is 12.0 Å². The minimum Gasteiger partial charge on any atom is -0.353 e. The maximum absolute atomic E-state index is 11.5. The summed E-state index contributed by atoms with van der Waals surface area (Å²) >= 11 is 0. The molecule has 0 bridgehead atoms. The average molecular weight is 197 g/mol. The van der Waals surface area contributed by atoms with Crippen molar-refractivity contribution in [2.45, 2.75) is 58.9 Å². The minimum absolute atomic E-state index is 0.112. The molecule has 0 aliphatic heterocycles. The standard InChI is InChI=1S/C12H23NO/c1-9(2)12(14)13-10(3)11-7-5-4-6-8-11/h9-11H,4-8H2,1-3H3,(H,13,14)/t10-/m1/s1. The Bertz CT molecular complexity index is 183. The van der Waals surface area contributed by atoms with Crippen LogP contribution >= 0.6 is 0 Å². The number of hydrogen-bond acceptors (Lipinski definition) is 1. The van der Waals surface area contributed by atoms with Gasteiger partial charge < -0.3 is 5.32 Å². The van der Waals surface area contributed by atoms with Crippen LogP contribution in [0.4, 0.5) is 0 Å². The Morgan fingerprint density at radius 1 is 1.14 bits per heavy atom. The van der Waals surface area contributed by atoms with Crippen LogP contribution in [0.15, 0.2) is 0 Å². The molecule has 0 aromatic heterocycles. The molecule has 1 rings (SSSR count). The number of rotatable bonds is 3. The summed E-state index contributed by atoms with van der Waals surface area (Å²) < 4.78 is 0. The van der Waals surface area contributed by atoms with Gasteiger partial charge in [-0.2, -0.15) is 0 Å². The largest absolute Gasteiger partial charge is 0.353 e. The van der Waals surface area contributed by atoms with E-state index in [-0.39, 0.29) is 11.8 Å². The molecule has 1 saturated carbocycles. The number of carbonyl (C=O) groups is 1. The van der Waals surface area contributed by atoms with Gasteiger partial charge in [-0.25, -0.2) is 0 Å². The summed E-state index contributed by atoms with van der Waals surface area (Å²) in [6.45, 7) is 6.04. The van der Waals surface area contributed by atoms with Crippen LogP contribution in [0.25, 0.3) is 0 Å². The van der Waals surface area contributed by atoms with Gasteiger partial charge in [-0.05, 0) is 25.7 Å². The topological polar surface area (TPSA) is 29.1 Å². The zero-order valence-electron chi connectivity index (χ0n) is 9.68. The van der Waals surface area contributed by atoms with Gasteiger partial charge in [0.15, 0.2) is 0 Å². The Labute approximate surface area is 87.5 Å². The molecule has 82 valence electrons. The minimum atomic E-state index is 0.112. The zero-order chi connectivity index (χ0) is 10.6. The fourth-order valence-corrected chi connectivity index (χ4v) is 2.14. The third kappa shape index (κ3) is 3.32. The van der Waals surface area contributed by atoms with Crippen LogP contribution in [-0.2, 0) is 4.79 Å². The van der Waals surface area contributed by atoms with Crippen molar-refractivity contribution in [1.82, 2.24) is 5.32 Å². The van der Waals surface area contributed by atoms with Crippen molar-refractivity contribution in [3.8, 4) is 0 Å². The number of amides is 1. The fourth-order valence-electron chi connectivity index (χ4n) is 2.14. The average Bonchev–Trinajstić information content (AvgIpc) is 2.19. The Morgan fingerprint density at radius 3 is 2.21 bits per heavy atom. The van der Waals surface area contributed by atoms with Crippen LogP contribution < -0.4 is 5.32 Å². The smallest absolute Gasteiger partial charge is 0.222 e. The molecule has 14 heavy (non-hydrogen) atoms. The first-order valence-corrected chi connectivity index (χ1v) is 5.91. The molecule has 0 aromatic rings. The first-order valence-electron chi connectivity index (χ1n) is 5.91.